The lowest BCUT2D eigenvalue weighted by Crippen LogP contribution is -2.08. The molecule has 5 nitrogen and oxygen atoms in total. The van der Waals surface area contributed by atoms with Crippen LogP contribution in [0.5, 0.6) is 0 Å². The Labute approximate surface area is 184 Å². The minimum Gasteiger partial charge on any atom is -0.382 e. The summed E-state index contributed by atoms with van der Waals surface area (Å²) in [6, 6.07) is 14.4. The molecule has 0 aliphatic carbocycles. The van der Waals surface area contributed by atoms with Crippen LogP contribution < -0.4 is 5.32 Å². The lowest BCUT2D eigenvalue weighted by Gasteiger charge is -2.09. The Balaban J connectivity index is 1.76. The molecule has 9 heteroatoms. The number of alkyl halides is 3. The van der Waals surface area contributed by atoms with E-state index in [9.17, 15) is 28.1 Å². The van der Waals surface area contributed by atoms with Crippen LogP contribution in [0.2, 0.25) is 0 Å². The number of fused-ring (bicyclic) bond motifs is 1. The molecule has 0 saturated carbocycles. The highest BCUT2D eigenvalue weighted by Crippen LogP contribution is 2.43. The predicted molar refractivity (Wildman–Crippen MR) is 119 cm³/mol. The molecule has 0 spiro atoms. The van der Waals surface area contributed by atoms with Crippen LogP contribution >= 0.6 is 11.8 Å². The molecule has 1 aliphatic rings. The van der Waals surface area contributed by atoms with Gasteiger partial charge in [-0.05, 0) is 46.2 Å². The van der Waals surface area contributed by atoms with E-state index in [1.165, 1.54) is 24.3 Å². The van der Waals surface area contributed by atoms with Crippen LogP contribution in [0.25, 0.3) is 22.4 Å². The average molecular weight is 456 g/mol. The highest BCUT2D eigenvalue weighted by atomic mass is 32.2. The first kappa shape index (κ1) is 21.6. The van der Waals surface area contributed by atoms with E-state index in [-0.39, 0.29) is 16.8 Å². The molecule has 0 bridgehead atoms. The molecule has 0 radical (unpaired) electrons. The first-order valence-corrected chi connectivity index (χ1v) is 10.2. The summed E-state index contributed by atoms with van der Waals surface area (Å²) in [6.45, 7) is 0. The zero-order valence-corrected chi connectivity index (χ0v) is 17.4. The van der Waals surface area contributed by atoms with Crippen molar-refractivity contribution in [1.29, 1.82) is 0 Å². The maximum atomic E-state index is 13.2. The SMILES string of the molecule is CNC1=C(c2cccc(C(F)(F)F)c2)C(=O)/C(=C\c2cccc3cc([N+](=O)[O-])ccc23)S1. The van der Waals surface area contributed by atoms with Crippen molar-refractivity contribution < 1.29 is 22.9 Å². The molecule has 162 valence electrons. The van der Waals surface area contributed by atoms with E-state index in [1.54, 1.807) is 37.4 Å². The summed E-state index contributed by atoms with van der Waals surface area (Å²) >= 11 is 1.14. The Kier molecular flexibility index (Phi) is 5.52. The lowest BCUT2D eigenvalue weighted by atomic mass is 9.98. The zero-order chi connectivity index (χ0) is 23.0. The smallest absolute Gasteiger partial charge is 0.382 e. The number of allylic oxidation sites excluding steroid dienone is 2. The van der Waals surface area contributed by atoms with E-state index >= 15 is 0 Å². The van der Waals surface area contributed by atoms with E-state index in [0.717, 1.165) is 29.3 Å². The summed E-state index contributed by atoms with van der Waals surface area (Å²) in [7, 11) is 1.60. The molecular formula is C23H15F3N2O3S. The van der Waals surface area contributed by atoms with Crippen molar-refractivity contribution in [2.75, 3.05) is 7.05 Å². The Morgan fingerprint density at radius 3 is 2.50 bits per heavy atom. The first-order valence-electron chi connectivity index (χ1n) is 9.40. The van der Waals surface area contributed by atoms with Crippen LogP contribution in [0, 0.1) is 10.1 Å². The number of halogens is 3. The fourth-order valence-corrected chi connectivity index (χ4v) is 4.51. The molecular weight excluding hydrogens is 441 g/mol. The number of ketones is 1. The zero-order valence-electron chi connectivity index (χ0n) is 16.6. The van der Waals surface area contributed by atoms with Gasteiger partial charge in [0.15, 0.2) is 0 Å². The average Bonchev–Trinajstić information content (AvgIpc) is 3.08. The van der Waals surface area contributed by atoms with Crippen molar-refractivity contribution in [2.45, 2.75) is 6.18 Å². The van der Waals surface area contributed by atoms with Gasteiger partial charge in [0.2, 0.25) is 5.78 Å². The van der Waals surface area contributed by atoms with Gasteiger partial charge in [-0.1, -0.05) is 42.1 Å². The third kappa shape index (κ3) is 3.99. The Morgan fingerprint density at radius 1 is 1.06 bits per heavy atom. The monoisotopic (exact) mass is 456 g/mol. The number of thioether (sulfide) groups is 1. The van der Waals surface area contributed by atoms with Gasteiger partial charge >= 0.3 is 6.18 Å². The second kappa shape index (κ2) is 8.16. The Bertz CT molecular complexity index is 1330. The number of nitro benzene ring substituents is 1. The van der Waals surface area contributed by atoms with Crippen molar-refractivity contribution in [3.05, 3.63) is 97.4 Å². The van der Waals surface area contributed by atoms with Crippen molar-refractivity contribution in [3.8, 4) is 0 Å². The van der Waals surface area contributed by atoms with Gasteiger partial charge in [-0.3, -0.25) is 14.9 Å². The van der Waals surface area contributed by atoms with Crippen LogP contribution in [-0.4, -0.2) is 17.8 Å². The van der Waals surface area contributed by atoms with Gasteiger partial charge in [0, 0.05) is 19.2 Å². The van der Waals surface area contributed by atoms with Gasteiger partial charge in [0.25, 0.3) is 5.69 Å². The molecule has 32 heavy (non-hydrogen) atoms. The fraction of sp³-hybridized carbons (Fsp3) is 0.0870. The van der Waals surface area contributed by atoms with Crippen LogP contribution in [0.4, 0.5) is 18.9 Å². The van der Waals surface area contributed by atoms with E-state index in [1.807, 2.05) is 0 Å². The van der Waals surface area contributed by atoms with E-state index in [2.05, 4.69) is 5.32 Å². The minimum absolute atomic E-state index is 0.0420. The number of Topliss-reactive ketones (excluding diaryl/α,β-unsaturated/α-hetero) is 1. The quantitative estimate of drug-likeness (QED) is 0.296. The molecule has 0 unspecified atom stereocenters. The molecule has 1 heterocycles. The van der Waals surface area contributed by atoms with Gasteiger partial charge < -0.3 is 5.32 Å². The predicted octanol–water partition coefficient (Wildman–Crippen LogP) is 6.01. The summed E-state index contributed by atoms with van der Waals surface area (Å²) in [5, 5.41) is 15.8. The topological polar surface area (TPSA) is 72.2 Å². The van der Waals surface area contributed by atoms with Crippen molar-refractivity contribution in [1.82, 2.24) is 5.32 Å². The van der Waals surface area contributed by atoms with Crippen LogP contribution in [0.3, 0.4) is 0 Å². The van der Waals surface area contributed by atoms with Gasteiger partial charge in [-0.15, -0.1) is 0 Å². The maximum absolute atomic E-state index is 13.2. The number of non-ortho nitro benzene ring substituents is 1. The van der Waals surface area contributed by atoms with Gasteiger partial charge in [-0.25, -0.2) is 0 Å². The molecule has 3 aromatic rings. The second-order valence-corrected chi connectivity index (χ2v) is 8.03. The number of hydrogen-bond donors (Lipinski definition) is 1. The molecule has 4 rings (SSSR count). The van der Waals surface area contributed by atoms with E-state index in [0.29, 0.717) is 20.9 Å². The normalized spacial score (nSPS) is 15.6. The molecule has 3 aromatic carbocycles. The fourth-order valence-electron chi connectivity index (χ4n) is 3.49. The van der Waals surface area contributed by atoms with E-state index < -0.39 is 22.4 Å². The third-order valence-electron chi connectivity index (χ3n) is 4.99. The first-order chi connectivity index (χ1) is 15.2. The summed E-state index contributed by atoms with van der Waals surface area (Å²) in [5.41, 5.74) is 0.154. The third-order valence-corrected chi connectivity index (χ3v) is 6.13. The molecule has 0 amide bonds. The largest absolute Gasteiger partial charge is 0.416 e. The molecule has 0 aromatic heterocycles. The second-order valence-electron chi connectivity index (χ2n) is 6.98. The number of carbonyl (C=O) groups is 1. The summed E-state index contributed by atoms with van der Waals surface area (Å²) in [5.74, 6) is -0.391. The number of carbonyl (C=O) groups excluding carboxylic acids is 1. The standard InChI is InChI=1S/C23H15F3N2O3S/c1-27-22-20(15-6-3-7-16(10-15)23(24,25)26)21(29)19(32-22)12-14-5-2-4-13-11-17(28(30)31)8-9-18(13)14/h2-12,27H,1H3/b19-12+. The Morgan fingerprint density at radius 2 is 1.81 bits per heavy atom. The minimum atomic E-state index is -4.52. The summed E-state index contributed by atoms with van der Waals surface area (Å²) in [6.07, 6.45) is -2.87. The van der Waals surface area contributed by atoms with Crippen molar-refractivity contribution in [2.24, 2.45) is 0 Å². The van der Waals surface area contributed by atoms with Crippen LogP contribution in [0.1, 0.15) is 16.7 Å². The highest BCUT2D eigenvalue weighted by Gasteiger charge is 2.34. The van der Waals surface area contributed by atoms with Crippen molar-refractivity contribution >= 4 is 45.7 Å². The summed E-state index contributed by atoms with van der Waals surface area (Å²) in [4.78, 5) is 24.1. The summed E-state index contributed by atoms with van der Waals surface area (Å²) < 4.78 is 39.4. The van der Waals surface area contributed by atoms with Gasteiger partial charge in [-0.2, -0.15) is 13.2 Å². The van der Waals surface area contributed by atoms with Crippen molar-refractivity contribution in [3.63, 3.8) is 0 Å². The number of hydrogen-bond acceptors (Lipinski definition) is 5. The number of nitro groups is 1. The molecule has 0 fully saturated rings. The molecule has 1 N–H and O–H groups in total. The van der Waals surface area contributed by atoms with Gasteiger partial charge in [0.05, 0.1) is 26.0 Å². The van der Waals surface area contributed by atoms with Crippen LogP contribution in [0.15, 0.2) is 70.6 Å². The van der Waals surface area contributed by atoms with Gasteiger partial charge in [0.1, 0.15) is 0 Å². The number of nitrogens with one attached hydrogen (secondary N) is 1. The number of rotatable bonds is 4. The highest BCUT2D eigenvalue weighted by molar-refractivity contribution is 8.08. The molecule has 0 saturated heterocycles. The molecule has 1 aliphatic heterocycles. The number of nitrogens with zero attached hydrogens (tertiary/aromatic N) is 1. The molecule has 0 atom stereocenters. The van der Waals surface area contributed by atoms with E-state index in [4.69, 9.17) is 0 Å². The van der Waals surface area contributed by atoms with Crippen LogP contribution in [-0.2, 0) is 11.0 Å². The number of benzene rings is 3. The Hall–Kier alpha value is -3.59. The lowest BCUT2D eigenvalue weighted by molar-refractivity contribution is -0.384. The maximum Gasteiger partial charge on any atom is 0.416 e.